The fourth-order valence-corrected chi connectivity index (χ4v) is 3.19. The van der Waals surface area contributed by atoms with Gasteiger partial charge in [-0.25, -0.2) is 0 Å². The Hall–Kier alpha value is -2.74. The first-order valence-electron chi connectivity index (χ1n) is 8.57. The Morgan fingerprint density at radius 3 is 1.36 bits per heavy atom. The fraction of sp³-hybridized carbons (Fsp3) is 0.217. The van der Waals surface area contributed by atoms with E-state index >= 15 is 0 Å². The number of rotatable bonds is 4. The highest BCUT2D eigenvalue weighted by Crippen LogP contribution is 2.34. The maximum Gasteiger partial charge on any atom is 0.115 e. The molecule has 2 nitrogen and oxygen atoms in total. The third-order valence-corrected chi connectivity index (χ3v) is 5.11. The Bertz CT molecular complexity index is 829. The van der Waals surface area contributed by atoms with Crippen LogP contribution in [0, 0.1) is 0 Å². The van der Waals surface area contributed by atoms with Crippen LogP contribution < -0.4 is 0 Å². The molecule has 3 aromatic rings. The van der Waals surface area contributed by atoms with Crippen molar-refractivity contribution in [3.63, 3.8) is 0 Å². The van der Waals surface area contributed by atoms with Gasteiger partial charge in [-0.05, 0) is 46.5 Å². The largest absolute Gasteiger partial charge is 0.508 e. The van der Waals surface area contributed by atoms with Crippen molar-refractivity contribution in [1.29, 1.82) is 0 Å². The number of phenolic OH excluding ortho intramolecular Hbond substituents is 2. The van der Waals surface area contributed by atoms with Crippen molar-refractivity contribution in [3.8, 4) is 11.5 Å². The van der Waals surface area contributed by atoms with Crippen LogP contribution in [-0.2, 0) is 5.41 Å². The Kier molecular flexibility index (Phi) is 4.54. The number of hydrogen-bond acceptors (Lipinski definition) is 2. The second kappa shape index (κ2) is 6.64. The summed E-state index contributed by atoms with van der Waals surface area (Å²) in [6.07, 6.45) is 0. The number of hydrogen-bond donors (Lipinski definition) is 2. The van der Waals surface area contributed by atoms with E-state index in [0.29, 0.717) is 5.75 Å². The summed E-state index contributed by atoms with van der Waals surface area (Å²) in [6.45, 7) is 6.56. The fourth-order valence-electron chi connectivity index (χ4n) is 3.19. The normalized spacial score (nSPS) is 12.8. The van der Waals surface area contributed by atoms with Gasteiger partial charge in [-0.3, -0.25) is 0 Å². The Morgan fingerprint density at radius 1 is 0.600 bits per heavy atom. The van der Waals surface area contributed by atoms with E-state index in [0.717, 1.165) is 0 Å². The second-order valence-corrected chi connectivity index (χ2v) is 7.11. The summed E-state index contributed by atoms with van der Waals surface area (Å²) in [5.41, 5.74) is 4.71. The molecule has 0 heterocycles. The van der Waals surface area contributed by atoms with Crippen molar-refractivity contribution < 1.29 is 10.2 Å². The smallest absolute Gasteiger partial charge is 0.115 e. The molecule has 0 amide bonds. The van der Waals surface area contributed by atoms with Crippen LogP contribution in [0.1, 0.15) is 48.9 Å². The molecule has 25 heavy (non-hydrogen) atoms. The molecule has 0 aliphatic heterocycles. The third kappa shape index (κ3) is 3.53. The molecule has 0 spiro atoms. The van der Waals surface area contributed by atoms with Gasteiger partial charge in [0.05, 0.1) is 0 Å². The van der Waals surface area contributed by atoms with Crippen LogP contribution in [0.5, 0.6) is 11.5 Å². The first kappa shape index (κ1) is 17.1. The number of aromatic hydroxyl groups is 2. The molecule has 3 aromatic carbocycles. The molecule has 0 aliphatic carbocycles. The van der Waals surface area contributed by atoms with Crippen molar-refractivity contribution in [2.24, 2.45) is 0 Å². The zero-order valence-electron chi connectivity index (χ0n) is 14.9. The average molecular weight is 332 g/mol. The molecule has 1 atom stereocenters. The van der Waals surface area contributed by atoms with Crippen LogP contribution >= 0.6 is 0 Å². The average Bonchev–Trinajstić information content (AvgIpc) is 2.62. The molecule has 0 aromatic heterocycles. The summed E-state index contributed by atoms with van der Waals surface area (Å²) in [7, 11) is 0. The van der Waals surface area contributed by atoms with E-state index in [2.05, 4.69) is 45.0 Å². The van der Waals surface area contributed by atoms with Gasteiger partial charge in [0, 0.05) is 11.3 Å². The molecule has 128 valence electrons. The lowest BCUT2D eigenvalue weighted by molar-refractivity contribution is 0.474. The quantitative estimate of drug-likeness (QED) is 0.655. The highest BCUT2D eigenvalue weighted by atomic mass is 16.3. The minimum absolute atomic E-state index is 0.131. The molecule has 0 saturated heterocycles. The van der Waals surface area contributed by atoms with Crippen LogP contribution in [0.25, 0.3) is 0 Å². The van der Waals surface area contributed by atoms with Gasteiger partial charge in [0.25, 0.3) is 0 Å². The molecule has 2 N–H and O–H groups in total. The van der Waals surface area contributed by atoms with Crippen molar-refractivity contribution in [2.45, 2.75) is 32.1 Å². The number of benzene rings is 3. The summed E-state index contributed by atoms with van der Waals surface area (Å²) >= 11 is 0. The lowest BCUT2D eigenvalue weighted by Gasteiger charge is -2.27. The van der Waals surface area contributed by atoms with Gasteiger partial charge in [-0.1, -0.05) is 69.3 Å². The summed E-state index contributed by atoms with van der Waals surface area (Å²) in [5.74, 6) is 0.853. The molecule has 0 radical (unpaired) electrons. The summed E-state index contributed by atoms with van der Waals surface area (Å²) in [6, 6.07) is 23.5. The highest BCUT2D eigenvalue weighted by Gasteiger charge is 2.23. The molecule has 0 saturated carbocycles. The standard InChI is InChI=1S/C23H24O2/c1-16(18-6-12-21(24)13-7-18)17-4-8-19(9-5-17)23(2,3)20-10-14-22(25)15-11-20/h4-16,24-25H,1-3H3. The van der Waals surface area contributed by atoms with Gasteiger partial charge in [-0.2, -0.15) is 0 Å². The van der Waals surface area contributed by atoms with E-state index in [1.54, 1.807) is 24.3 Å². The van der Waals surface area contributed by atoms with Crippen molar-refractivity contribution in [1.82, 2.24) is 0 Å². The lowest BCUT2D eigenvalue weighted by atomic mass is 9.77. The van der Waals surface area contributed by atoms with Crippen LogP contribution in [0.4, 0.5) is 0 Å². The Labute approximate surface area is 149 Å². The molecule has 3 rings (SSSR count). The summed E-state index contributed by atoms with van der Waals surface area (Å²) in [4.78, 5) is 0. The summed E-state index contributed by atoms with van der Waals surface area (Å²) in [5, 5.41) is 18.9. The van der Waals surface area contributed by atoms with E-state index in [-0.39, 0.29) is 17.1 Å². The second-order valence-electron chi connectivity index (χ2n) is 7.11. The highest BCUT2D eigenvalue weighted by molar-refractivity contribution is 5.42. The molecule has 2 heteroatoms. The Balaban J connectivity index is 1.86. The SMILES string of the molecule is CC(c1ccc(O)cc1)c1ccc(C(C)(C)c2ccc(O)cc2)cc1. The van der Waals surface area contributed by atoms with E-state index in [1.165, 1.54) is 22.3 Å². The first-order chi connectivity index (χ1) is 11.9. The monoisotopic (exact) mass is 332 g/mol. The zero-order chi connectivity index (χ0) is 18.0. The third-order valence-electron chi connectivity index (χ3n) is 5.11. The molecular formula is C23H24O2. The van der Waals surface area contributed by atoms with Crippen molar-refractivity contribution in [2.75, 3.05) is 0 Å². The van der Waals surface area contributed by atoms with Crippen LogP contribution in [0.3, 0.4) is 0 Å². The zero-order valence-corrected chi connectivity index (χ0v) is 14.9. The maximum atomic E-state index is 9.50. The number of phenols is 2. The molecule has 0 bridgehead atoms. The van der Waals surface area contributed by atoms with Crippen LogP contribution in [-0.4, -0.2) is 10.2 Å². The lowest BCUT2D eigenvalue weighted by Crippen LogP contribution is -2.18. The van der Waals surface area contributed by atoms with Crippen molar-refractivity contribution in [3.05, 3.63) is 95.1 Å². The maximum absolute atomic E-state index is 9.50. The van der Waals surface area contributed by atoms with E-state index < -0.39 is 0 Å². The van der Waals surface area contributed by atoms with E-state index in [4.69, 9.17) is 0 Å². The predicted molar refractivity (Wildman–Crippen MR) is 102 cm³/mol. The van der Waals surface area contributed by atoms with Crippen LogP contribution in [0.15, 0.2) is 72.8 Å². The van der Waals surface area contributed by atoms with E-state index in [1.807, 2.05) is 24.3 Å². The van der Waals surface area contributed by atoms with Crippen molar-refractivity contribution >= 4 is 0 Å². The molecular weight excluding hydrogens is 308 g/mol. The predicted octanol–water partition coefficient (Wildman–Crippen LogP) is 5.58. The summed E-state index contributed by atoms with van der Waals surface area (Å²) < 4.78 is 0. The minimum Gasteiger partial charge on any atom is -0.508 e. The van der Waals surface area contributed by atoms with Gasteiger partial charge in [0.15, 0.2) is 0 Å². The first-order valence-corrected chi connectivity index (χ1v) is 8.57. The van der Waals surface area contributed by atoms with Gasteiger partial charge < -0.3 is 10.2 Å². The van der Waals surface area contributed by atoms with Gasteiger partial charge in [0.1, 0.15) is 11.5 Å². The molecule has 0 aliphatic rings. The van der Waals surface area contributed by atoms with Gasteiger partial charge in [0.2, 0.25) is 0 Å². The van der Waals surface area contributed by atoms with Gasteiger partial charge in [-0.15, -0.1) is 0 Å². The van der Waals surface area contributed by atoms with Crippen LogP contribution in [0.2, 0.25) is 0 Å². The Morgan fingerprint density at radius 2 is 0.920 bits per heavy atom. The molecule has 1 unspecified atom stereocenters. The van der Waals surface area contributed by atoms with Gasteiger partial charge >= 0.3 is 0 Å². The topological polar surface area (TPSA) is 40.5 Å². The minimum atomic E-state index is -0.131. The molecule has 0 fully saturated rings. The van der Waals surface area contributed by atoms with E-state index in [9.17, 15) is 10.2 Å².